The van der Waals surface area contributed by atoms with E-state index in [1.165, 1.54) is 4.70 Å². The van der Waals surface area contributed by atoms with E-state index < -0.39 is 0 Å². The minimum Gasteiger partial charge on any atom is -0.379 e. The van der Waals surface area contributed by atoms with Crippen LogP contribution in [-0.2, 0) is 6.54 Å². The van der Waals surface area contributed by atoms with Crippen molar-refractivity contribution in [3.05, 3.63) is 57.1 Å². The van der Waals surface area contributed by atoms with Crippen molar-refractivity contribution in [2.24, 2.45) is 0 Å². The molecule has 2 nitrogen and oxygen atoms in total. The smallest absolute Gasteiger partial charge is 0.129 e. The number of hydrogen-bond acceptors (Lipinski definition) is 3. The molecule has 0 unspecified atom stereocenters. The number of thiophene rings is 1. The topological polar surface area (TPSA) is 24.9 Å². The summed E-state index contributed by atoms with van der Waals surface area (Å²) in [4.78, 5) is 5.35. The summed E-state index contributed by atoms with van der Waals surface area (Å²) in [5.41, 5.74) is 1.86. The number of nitrogens with one attached hydrogen (secondary N) is 1. The first-order valence-electron chi connectivity index (χ1n) is 6.18. The highest BCUT2D eigenvalue weighted by Gasteiger charge is 2.10. The zero-order valence-electron chi connectivity index (χ0n) is 10.8. The Bertz CT molecular complexity index is 768. The molecule has 0 atom stereocenters. The van der Waals surface area contributed by atoms with E-state index in [9.17, 15) is 0 Å². The third-order valence-electron chi connectivity index (χ3n) is 3.09. The SMILES string of the molecule is Cc1nc(Cl)ccc1NCc1sc2ccccc2c1Cl. The molecule has 3 rings (SSSR count). The van der Waals surface area contributed by atoms with Crippen LogP contribution in [0.2, 0.25) is 10.2 Å². The first kappa shape index (κ1) is 13.7. The lowest BCUT2D eigenvalue weighted by atomic mass is 10.2. The summed E-state index contributed by atoms with van der Waals surface area (Å²) in [6, 6.07) is 11.9. The fraction of sp³-hybridized carbons (Fsp3) is 0.133. The second-order valence-corrected chi connectivity index (χ2v) is 6.36. The second kappa shape index (κ2) is 5.60. The van der Waals surface area contributed by atoms with Crippen LogP contribution in [-0.4, -0.2) is 4.98 Å². The standard InChI is InChI=1S/C15H12Cl2N2S/c1-9-11(6-7-14(16)19-9)18-8-13-15(17)10-4-2-3-5-12(10)20-13/h2-7,18H,8H2,1H3. The highest BCUT2D eigenvalue weighted by atomic mass is 35.5. The third kappa shape index (κ3) is 2.62. The minimum atomic E-state index is 0.507. The van der Waals surface area contributed by atoms with Gasteiger partial charge in [-0.1, -0.05) is 41.4 Å². The Kier molecular flexibility index (Phi) is 3.83. The largest absolute Gasteiger partial charge is 0.379 e. The highest BCUT2D eigenvalue weighted by Crippen LogP contribution is 2.35. The van der Waals surface area contributed by atoms with E-state index in [2.05, 4.69) is 16.4 Å². The second-order valence-electron chi connectivity index (χ2n) is 4.46. The van der Waals surface area contributed by atoms with Gasteiger partial charge in [0.25, 0.3) is 0 Å². The zero-order valence-corrected chi connectivity index (χ0v) is 13.1. The molecule has 102 valence electrons. The van der Waals surface area contributed by atoms with Crippen LogP contribution in [0, 0.1) is 6.92 Å². The van der Waals surface area contributed by atoms with E-state index in [4.69, 9.17) is 23.2 Å². The number of aryl methyl sites for hydroxylation is 1. The lowest BCUT2D eigenvalue weighted by molar-refractivity contribution is 1.13. The predicted molar refractivity (Wildman–Crippen MR) is 88.1 cm³/mol. The van der Waals surface area contributed by atoms with Crippen molar-refractivity contribution in [1.29, 1.82) is 0 Å². The summed E-state index contributed by atoms with van der Waals surface area (Å²) in [6.45, 7) is 2.61. The molecule has 1 N–H and O–H groups in total. The van der Waals surface area contributed by atoms with Crippen LogP contribution < -0.4 is 5.32 Å². The molecule has 0 amide bonds. The molecule has 20 heavy (non-hydrogen) atoms. The summed E-state index contributed by atoms with van der Waals surface area (Å²) in [7, 11) is 0. The normalized spacial score (nSPS) is 10.9. The van der Waals surface area contributed by atoms with Gasteiger partial charge in [0, 0.05) is 15.0 Å². The van der Waals surface area contributed by atoms with Crippen molar-refractivity contribution in [1.82, 2.24) is 4.98 Å². The molecule has 0 spiro atoms. The van der Waals surface area contributed by atoms with Crippen molar-refractivity contribution in [2.45, 2.75) is 13.5 Å². The van der Waals surface area contributed by atoms with Crippen molar-refractivity contribution in [3.63, 3.8) is 0 Å². The van der Waals surface area contributed by atoms with Gasteiger partial charge < -0.3 is 5.32 Å². The van der Waals surface area contributed by atoms with Crippen LogP contribution in [0.15, 0.2) is 36.4 Å². The molecule has 0 aliphatic heterocycles. The summed E-state index contributed by atoms with van der Waals surface area (Å²) in [6.07, 6.45) is 0. The molecule has 0 aliphatic carbocycles. The summed E-state index contributed by atoms with van der Waals surface area (Å²) in [5.74, 6) is 0. The Balaban J connectivity index is 1.85. The van der Waals surface area contributed by atoms with Crippen LogP contribution >= 0.6 is 34.5 Å². The molecule has 0 bridgehead atoms. The van der Waals surface area contributed by atoms with Gasteiger partial charge in [0.2, 0.25) is 0 Å². The van der Waals surface area contributed by atoms with Crippen LogP contribution in [0.3, 0.4) is 0 Å². The maximum atomic E-state index is 6.42. The summed E-state index contributed by atoms with van der Waals surface area (Å²) < 4.78 is 1.21. The number of rotatable bonds is 3. The number of hydrogen-bond donors (Lipinski definition) is 1. The molecule has 2 aromatic heterocycles. The Morgan fingerprint density at radius 2 is 1.95 bits per heavy atom. The lowest BCUT2D eigenvalue weighted by Crippen LogP contribution is -2.01. The van der Waals surface area contributed by atoms with Gasteiger partial charge in [-0.3, -0.25) is 0 Å². The van der Waals surface area contributed by atoms with Crippen LogP contribution in [0.1, 0.15) is 10.6 Å². The molecule has 1 aromatic carbocycles. The van der Waals surface area contributed by atoms with Gasteiger partial charge in [0.05, 0.1) is 22.9 Å². The average molecular weight is 323 g/mol. The maximum Gasteiger partial charge on any atom is 0.129 e. The van der Waals surface area contributed by atoms with E-state index in [-0.39, 0.29) is 0 Å². The van der Waals surface area contributed by atoms with Gasteiger partial charge in [-0.15, -0.1) is 11.3 Å². The van der Waals surface area contributed by atoms with E-state index >= 15 is 0 Å². The van der Waals surface area contributed by atoms with Gasteiger partial charge >= 0.3 is 0 Å². The van der Waals surface area contributed by atoms with Crippen molar-refractivity contribution in [2.75, 3.05) is 5.32 Å². The first-order chi connectivity index (χ1) is 9.65. The molecule has 0 radical (unpaired) electrons. The number of benzene rings is 1. The molecule has 2 heterocycles. The Morgan fingerprint density at radius 3 is 2.70 bits per heavy atom. The summed E-state index contributed by atoms with van der Waals surface area (Å²) in [5, 5.41) is 5.81. The Labute approximate surface area is 131 Å². The molecule has 0 fully saturated rings. The molecular weight excluding hydrogens is 311 g/mol. The van der Waals surface area contributed by atoms with Crippen LogP contribution in [0.4, 0.5) is 5.69 Å². The van der Waals surface area contributed by atoms with Gasteiger partial charge in [-0.05, 0) is 25.1 Å². The first-order valence-corrected chi connectivity index (χ1v) is 7.75. The minimum absolute atomic E-state index is 0.507. The van der Waals surface area contributed by atoms with E-state index in [0.29, 0.717) is 11.7 Å². The van der Waals surface area contributed by atoms with Gasteiger partial charge in [-0.2, -0.15) is 0 Å². The van der Waals surface area contributed by atoms with E-state index in [1.54, 1.807) is 17.4 Å². The monoisotopic (exact) mass is 322 g/mol. The number of nitrogens with zero attached hydrogens (tertiary/aromatic N) is 1. The predicted octanol–water partition coefficient (Wildman–Crippen LogP) is 5.52. The molecule has 3 aromatic rings. The van der Waals surface area contributed by atoms with Gasteiger partial charge in [-0.25, -0.2) is 4.98 Å². The fourth-order valence-electron chi connectivity index (χ4n) is 2.07. The van der Waals surface area contributed by atoms with E-state index in [0.717, 1.165) is 26.7 Å². The molecule has 0 saturated carbocycles. The summed E-state index contributed by atoms with van der Waals surface area (Å²) >= 11 is 14.0. The molecular formula is C15H12Cl2N2S. The van der Waals surface area contributed by atoms with E-state index in [1.807, 2.05) is 31.2 Å². The van der Waals surface area contributed by atoms with Gasteiger partial charge in [0.1, 0.15) is 5.15 Å². The fourth-order valence-corrected chi connectivity index (χ4v) is 3.70. The third-order valence-corrected chi connectivity index (χ3v) is 5.02. The number of pyridine rings is 1. The van der Waals surface area contributed by atoms with Crippen molar-refractivity contribution < 1.29 is 0 Å². The number of fused-ring (bicyclic) bond motifs is 1. The highest BCUT2D eigenvalue weighted by molar-refractivity contribution is 7.19. The van der Waals surface area contributed by atoms with Crippen LogP contribution in [0.25, 0.3) is 10.1 Å². The Hall–Kier alpha value is -1.29. The quantitative estimate of drug-likeness (QED) is 0.642. The zero-order chi connectivity index (χ0) is 14.1. The number of halogens is 2. The maximum absolute atomic E-state index is 6.42. The van der Waals surface area contributed by atoms with Gasteiger partial charge in [0.15, 0.2) is 0 Å². The Morgan fingerprint density at radius 1 is 1.15 bits per heavy atom. The van der Waals surface area contributed by atoms with Crippen molar-refractivity contribution in [3.8, 4) is 0 Å². The molecule has 0 aliphatic rings. The lowest BCUT2D eigenvalue weighted by Gasteiger charge is -2.08. The van der Waals surface area contributed by atoms with Crippen LogP contribution in [0.5, 0.6) is 0 Å². The average Bonchev–Trinajstić information content (AvgIpc) is 2.75. The molecule has 5 heteroatoms. The molecule has 0 saturated heterocycles. The number of aromatic nitrogens is 1. The van der Waals surface area contributed by atoms with Crippen molar-refractivity contribution >= 4 is 50.3 Å². The number of anilines is 1.